The number of hydrogen-bond donors (Lipinski definition) is 1. The summed E-state index contributed by atoms with van der Waals surface area (Å²) in [5.74, 6) is -0.381. The minimum absolute atomic E-state index is 0.0960. The van der Waals surface area contributed by atoms with E-state index in [4.69, 9.17) is 23.2 Å². The third-order valence-electron chi connectivity index (χ3n) is 2.97. The van der Waals surface area contributed by atoms with Crippen molar-refractivity contribution in [3.63, 3.8) is 0 Å². The number of anilines is 1. The lowest BCUT2D eigenvalue weighted by Crippen LogP contribution is -2.14. The molecule has 0 aliphatic carbocycles. The van der Waals surface area contributed by atoms with Gasteiger partial charge in [0.05, 0.1) is 11.3 Å². The van der Waals surface area contributed by atoms with Gasteiger partial charge in [0.25, 0.3) is 0 Å². The van der Waals surface area contributed by atoms with Crippen LogP contribution in [0.25, 0.3) is 6.08 Å². The number of carbonyl (C=O) groups excluding carboxylic acids is 1. The van der Waals surface area contributed by atoms with Crippen LogP contribution in [0.2, 0.25) is 10.0 Å². The Balaban J connectivity index is 2.36. The van der Waals surface area contributed by atoms with Crippen molar-refractivity contribution in [2.24, 2.45) is 0 Å². The highest BCUT2D eigenvalue weighted by Crippen LogP contribution is 2.20. The zero-order valence-electron chi connectivity index (χ0n) is 11.8. The molecule has 112 valence electrons. The summed E-state index contributed by atoms with van der Waals surface area (Å²) in [6, 6.07) is 11.4. The highest BCUT2D eigenvalue weighted by atomic mass is 35.5. The maximum atomic E-state index is 12.2. The Morgan fingerprint density at radius 3 is 2.36 bits per heavy atom. The molecule has 22 heavy (non-hydrogen) atoms. The summed E-state index contributed by atoms with van der Waals surface area (Å²) in [5.41, 5.74) is 0.810. The molecule has 0 atom stereocenters. The number of hydrogen-bond acceptors (Lipinski definition) is 3. The number of halogens is 2. The average Bonchev–Trinajstić information content (AvgIpc) is 2.65. The van der Waals surface area contributed by atoms with Gasteiger partial charge in [-0.25, -0.2) is 0 Å². The van der Waals surface area contributed by atoms with Gasteiger partial charge in [0.15, 0.2) is 5.78 Å². The van der Waals surface area contributed by atoms with Crippen LogP contribution in [0.3, 0.4) is 0 Å². The van der Waals surface area contributed by atoms with Crippen molar-refractivity contribution >= 4 is 40.7 Å². The molecular weight excluding hydrogens is 321 g/mol. The van der Waals surface area contributed by atoms with E-state index in [-0.39, 0.29) is 16.8 Å². The zero-order valence-corrected chi connectivity index (χ0v) is 13.3. The summed E-state index contributed by atoms with van der Waals surface area (Å²) in [6.45, 7) is 0. The lowest BCUT2D eigenvalue weighted by atomic mass is 10.1. The zero-order chi connectivity index (χ0) is 16.1. The third kappa shape index (κ3) is 3.97. The fourth-order valence-electron chi connectivity index (χ4n) is 1.92. The molecule has 0 unspecified atom stereocenters. The molecule has 0 radical (unpaired) electrons. The lowest BCUT2D eigenvalue weighted by molar-refractivity contribution is 0.104. The number of nitrogens with one attached hydrogen (secondary N) is 1. The minimum Gasteiger partial charge on any atom is -0.385 e. The van der Waals surface area contributed by atoms with Crippen molar-refractivity contribution in [1.29, 1.82) is 0 Å². The van der Waals surface area contributed by atoms with Crippen LogP contribution in [0.1, 0.15) is 15.9 Å². The normalized spacial score (nSPS) is 10.7. The van der Waals surface area contributed by atoms with E-state index in [1.165, 1.54) is 12.1 Å². The maximum absolute atomic E-state index is 12.2. The van der Waals surface area contributed by atoms with Gasteiger partial charge in [-0.15, -0.1) is 0 Å². The van der Waals surface area contributed by atoms with Crippen LogP contribution in [-0.2, 0) is 0 Å². The Kier molecular flexibility index (Phi) is 5.36. The predicted molar refractivity (Wildman–Crippen MR) is 92.1 cm³/mol. The second-order valence-electron chi connectivity index (χ2n) is 4.53. The summed E-state index contributed by atoms with van der Waals surface area (Å²) in [6.07, 6.45) is 2.91. The molecule has 0 aliphatic heterocycles. The van der Waals surface area contributed by atoms with Gasteiger partial charge >= 0.3 is 0 Å². The van der Waals surface area contributed by atoms with Crippen LogP contribution in [0, 0.1) is 0 Å². The molecule has 2 rings (SSSR count). The van der Waals surface area contributed by atoms with E-state index in [0.29, 0.717) is 21.3 Å². The molecule has 0 fully saturated rings. The third-order valence-corrected chi connectivity index (χ3v) is 3.41. The van der Waals surface area contributed by atoms with Gasteiger partial charge in [0.2, 0.25) is 5.43 Å². The van der Waals surface area contributed by atoms with E-state index < -0.39 is 0 Å². The smallest absolute Gasteiger partial charge is 0.212 e. The number of ketones is 1. The highest BCUT2D eigenvalue weighted by molar-refractivity contribution is 6.34. The molecular formula is C17H13Cl2NO2. The first-order chi connectivity index (χ1) is 10.5. The van der Waals surface area contributed by atoms with Crippen molar-refractivity contribution in [3.8, 4) is 0 Å². The van der Waals surface area contributed by atoms with E-state index in [2.05, 4.69) is 5.32 Å². The van der Waals surface area contributed by atoms with Gasteiger partial charge < -0.3 is 5.32 Å². The standard InChI is InChI=1S/C17H13Cl2NO2/c1-20-15-5-3-2-4-14(17(15)22)16(21)7-6-11-8-12(18)10-13(19)9-11/h2-10H,1H3,(H,20,22). The van der Waals surface area contributed by atoms with Gasteiger partial charge in [-0.3, -0.25) is 9.59 Å². The largest absolute Gasteiger partial charge is 0.385 e. The molecule has 0 saturated carbocycles. The molecule has 5 heteroatoms. The van der Waals surface area contributed by atoms with Gasteiger partial charge in [-0.1, -0.05) is 41.4 Å². The second kappa shape index (κ2) is 7.25. The molecule has 0 saturated heterocycles. The molecule has 3 nitrogen and oxygen atoms in total. The predicted octanol–water partition coefficient (Wildman–Crippen LogP) is 4.29. The van der Waals surface area contributed by atoms with Gasteiger partial charge in [-0.05, 0) is 42.0 Å². The van der Waals surface area contributed by atoms with Crippen LogP contribution in [-0.4, -0.2) is 12.8 Å². The van der Waals surface area contributed by atoms with Gasteiger partial charge in [-0.2, -0.15) is 0 Å². The van der Waals surface area contributed by atoms with E-state index >= 15 is 0 Å². The van der Waals surface area contributed by atoms with Gasteiger partial charge in [0, 0.05) is 17.1 Å². The Morgan fingerprint density at radius 2 is 1.73 bits per heavy atom. The van der Waals surface area contributed by atoms with Crippen LogP contribution in [0.4, 0.5) is 5.69 Å². The van der Waals surface area contributed by atoms with Crippen molar-refractivity contribution in [3.05, 3.63) is 79.9 Å². The van der Waals surface area contributed by atoms with Crippen molar-refractivity contribution < 1.29 is 4.79 Å². The number of allylic oxidation sites excluding steroid dienone is 1. The average molecular weight is 334 g/mol. The Morgan fingerprint density at radius 1 is 1.09 bits per heavy atom. The number of rotatable bonds is 4. The fourth-order valence-corrected chi connectivity index (χ4v) is 2.47. The van der Waals surface area contributed by atoms with Crippen LogP contribution in [0.5, 0.6) is 0 Å². The molecule has 0 heterocycles. The molecule has 0 amide bonds. The van der Waals surface area contributed by atoms with Crippen LogP contribution < -0.4 is 10.7 Å². The SMILES string of the molecule is CNc1ccccc(C(=O)C=Cc2cc(Cl)cc(Cl)c2)c1=O. The molecule has 0 spiro atoms. The first-order valence-corrected chi connectivity index (χ1v) is 7.26. The second-order valence-corrected chi connectivity index (χ2v) is 5.40. The molecule has 0 bridgehead atoms. The topological polar surface area (TPSA) is 46.2 Å². The summed E-state index contributed by atoms with van der Waals surface area (Å²) in [5, 5.41) is 3.73. The maximum Gasteiger partial charge on any atom is 0.212 e. The van der Waals surface area contributed by atoms with E-state index in [0.717, 1.165) is 0 Å². The van der Waals surface area contributed by atoms with Crippen LogP contribution in [0.15, 0.2) is 53.3 Å². The van der Waals surface area contributed by atoms with E-state index in [1.807, 2.05) is 0 Å². The molecule has 2 aromatic rings. The molecule has 2 aromatic carbocycles. The Bertz CT molecular complexity index is 781. The molecule has 0 aromatic heterocycles. The van der Waals surface area contributed by atoms with E-state index in [1.54, 1.807) is 49.5 Å². The monoisotopic (exact) mass is 333 g/mol. The number of carbonyl (C=O) groups is 1. The highest BCUT2D eigenvalue weighted by Gasteiger charge is 2.08. The summed E-state index contributed by atoms with van der Waals surface area (Å²) in [4.78, 5) is 24.4. The lowest BCUT2D eigenvalue weighted by Gasteiger charge is -1.98. The van der Waals surface area contributed by atoms with Crippen molar-refractivity contribution in [2.45, 2.75) is 0 Å². The van der Waals surface area contributed by atoms with Gasteiger partial charge in [0.1, 0.15) is 0 Å². The van der Waals surface area contributed by atoms with E-state index in [9.17, 15) is 9.59 Å². The number of benzene rings is 1. The quantitative estimate of drug-likeness (QED) is 0.670. The minimum atomic E-state index is -0.381. The first kappa shape index (κ1) is 16.3. The fraction of sp³-hybridized carbons (Fsp3) is 0.0588. The molecule has 1 N–H and O–H groups in total. The first-order valence-electron chi connectivity index (χ1n) is 6.51. The van der Waals surface area contributed by atoms with Crippen molar-refractivity contribution in [1.82, 2.24) is 0 Å². The molecule has 0 aliphatic rings. The summed E-state index contributed by atoms with van der Waals surface area (Å²) < 4.78 is 0. The summed E-state index contributed by atoms with van der Waals surface area (Å²) >= 11 is 11.8. The van der Waals surface area contributed by atoms with Crippen LogP contribution >= 0.6 is 23.2 Å². The summed E-state index contributed by atoms with van der Waals surface area (Å²) in [7, 11) is 1.63. The van der Waals surface area contributed by atoms with Crippen molar-refractivity contribution in [2.75, 3.05) is 12.4 Å². The Labute approximate surface area is 138 Å². The Hall–Kier alpha value is -2.10.